The molecule has 7 nitrogen and oxygen atoms in total. The number of benzene rings is 2. The first kappa shape index (κ1) is 24.6. The van der Waals surface area contributed by atoms with E-state index in [1.165, 1.54) is 36.6 Å². The zero-order valence-corrected chi connectivity index (χ0v) is 19.9. The van der Waals surface area contributed by atoms with Gasteiger partial charge >= 0.3 is 0 Å². The molecule has 8 heteroatoms. The minimum Gasteiger partial charge on any atom is -0.490 e. The maximum Gasteiger partial charge on any atom is 0.258 e. The summed E-state index contributed by atoms with van der Waals surface area (Å²) in [4.78, 5) is 12.2. The summed E-state index contributed by atoms with van der Waals surface area (Å²) < 4.78 is 11.4. The maximum absolute atomic E-state index is 12.2. The summed E-state index contributed by atoms with van der Waals surface area (Å²) >= 11 is 1.43. The molecular weight excluding hydrogens is 436 g/mol. The molecule has 0 saturated heterocycles. The second-order valence-electron chi connectivity index (χ2n) is 7.79. The molecule has 0 atom stereocenters. The number of carbonyl (C=O) groups excluding carboxylic acids is 1. The number of rotatable bonds is 10. The van der Waals surface area contributed by atoms with Crippen molar-refractivity contribution in [3.05, 3.63) is 59.7 Å². The van der Waals surface area contributed by atoms with Crippen LogP contribution in [-0.2, 0) is 10.5 Å². The molecular formula is C25H32N4O3S. The number of nitrogens with one attached hydrogen (secondary N) is 1. The number of amides is 1. The zero-order chi connectivity index (χ0) is 23.3. The van der Waals surface area contributed by atoms with Crippen LogP contribution in [0.3, 0.4) is 0 Å². The highest BCUT2D eigenvalue weighted by atomic mass is 32.2. The third-order valence-electron chi connectivity index (χ3n) is 5.19. The Balaban J connectivity index is 1.52. The summed E-state index contributed by atoms with van der Waals surface area (Å²) in [5.41, 5.74) is 7.91. The van der Waals surface area contributed by atoms with Gasteiger partial charge in [0, 0.05) is 11.8 Å². The van der Waals surface area contributed by atoms with Crippen molar-refractivity contribution >= 4 is 29.1 Å². The van der Waals surface area contributed by atoms with Gasteiger partial charge in [0.05, 0.1) is 12.8 Å². The van der Waals surface area contributed by atoms with E-state index in [-0.39, 0.29) is 18.6 Å². The van der Waals surface area contributed by atoms with Crippen LogP contribution in [0.15, 0.2) is 58.7 Å². The Kier molecular flexibility index (Phi) is 10.1. The van der Waals surface area contributed by atoms with Gasteiger partial charge in [0.15, 0.2) is 23.3 Å². The number of hydrogen-bond donors (Lipinski definition) is 2. The molecule has 2 aromatic rings. The molecule has 0 unspecified atom stereocenters. The smallest absolute Gasteiger partial charge is 0.258 e. The minimum absolute atomic E-state index is 0.0382. The van der Waals surface area contributed by atoms with Gasteiger partial charge in [-0.3, -0.25) is 4.79 Å². The van der Waals surface area contributed by atoms with Gasteiger partial charge in [0.1, 0.15) is 0 Å². The van der Waals surface area contributed by atoms with Crippen LogP contribution in [0.1, 0.15) is 50.2 Å². The van der Waals surface area contributed by atoms with E-state index in [4.69, 9.17) is 15.2 Å². The minimum atomic E-state index is -0.104. The van der Waals surface area contributed by atoms with Gasteiger partial charge in [0.2, 0.25) is 0 Å². The highest BCUT2D eigenvalue weighted by Crippen LogP contribution is 2.28. The fraction of sp³-hybridized carbons (Fsp3) is 0.400. The van der Waals surface area contributed by atoms with Crippen molar-refractivity contribution < 1.29 is 14.3 Å². The number of ether oxygens (including phenoxy) is 2. The van der Waals surface area contributed by atoms with E-state index >= 15 is 0 Å². The summed E-state index contributed by atoms with van der Waals surface area (Å²) in [7, 11) is 0. The standard InChI is InChI=1S/C25H32N4O3S/c1-2-31-23-15-20(16-27-29-25(26)33-18-19-9-5-3-6-10-19)13-14-22(23)32-17-24(30)28-21-11-7-4-8-12-21/h3,5-6,9-10,13-16,21H,2,4,7-8,11-12,17-18H2,1H3,(H2,26,29)(H,28,30). The molecule has 1 aliphatic carbocycles. The van der Waals surface area contributed by atoms with Crippen LogP contribution < -0.4 is 20.5 Å². The lowest BCUT2D eigenvalue weighted by atomic mass is 9.95. The Labute approximate surface area is 199 Å². The van der Waals surface area contributed by atoms with E-state index in [2.05, 4.69) is 15.5 Å². The Morgan fingerprint density at radius 3 is 2.67 bits per heavy atom. The molecule has 0 spiro atoms. The van der Waals surface area contributed by atoms with Crippen molar-refractivity contribution in [2.45, 2.75) is 50.8 Å². The Morgan fingerprint density at radius 2 is 1.91 bits per heavy atom. The molecule has 0 aromatic heterocycles. The van der Waals surface area contributed by atoms with Crippen molar-refractivity contribution in [2.24, 2.45) is 15.9 Å². The van der Waals surface area contributed by atoms with Crippen molar-refractivity contribution in [3.8, 4) is 11.5 Å². The molecule has 0 bridgehead atoms. The highest BCUT2D eigenvalue weighted by Gasteiger charge is 2.16. The van der Waals surface area contributed by atoms with E-state index < -0.39 is 0 Å². The number of nitrogens with zero attached hydrogens (tertiary/aromatic N) is 2. The molecule has 176 valence electrons. The number of thioether (sulfide) groups is 1. The number of hydrogen-bond acceptors (Lipinski definition) is 6. The SMILES string of the molecule is CCOc1cc(C=NN=C(N)SCc2ccccc2)ccc1OCC(=O)NC1CCCCC1. The lowest BCUT2D eigenvalue weighted by molar-refractivity contribution is -0.124. The van der Waals surface area contributed by atoms with E-state index in [0.717, 1.165) is 24.2 Å². The highest BCUT2D eigenvalue weighted by molar-refractivity contribution is 8.13. The summed E-state index contributed by atoms with van der Waals surface area (Å²) in [5, 5.41) is 11.6. The second-order valence-corrected chi connectivity index (χ2v) is 8.78. The molecule has 3 N–H and O–H groups in total. The van der Waals surface area contributed by atoms with Crippen molar-refractivity contribution in [2.75, 3.05) is 13.2 Å². The summed E-state index contributed by atoms with van der Waals surface area (Å²) in [5.74, 6) is 1.71. The lowest BCUT2D eigenvalue weighted by Crippen LogP contribution is -2.39. The second kappa shape index (κ2) is 13.5. The lowest BCUT2D eigenvalue weighted by Gasteiger charge is -2.22. The molecule has 0 radical (unpaired) electrons. The van der Waals surface area contributed by atoms with E-state index in [1.54, 1.807) is 12.3 Å². The number of carbonyl (C=O) groups is 1. The van der Waals surface area contributed by atoms with Gasteiger partial charge in [-0.05, 0) is 49.1 Å². The Hall–Kier alpha value is -3.00. The van der Waals surface area contributed by atoms with Crippen LogP contribution in [0.25, 0.3) is 0 Å². The first-order valence-corrected chi connectivity index (χ1v) is 12.3. The molecule has 0 heterocycles. The van der Waals surface area contributed by atoms with E-state index in [9.17, 15) is 4.79 Å². The first-order chi connectivity index (χ1) is 16.1. The average Bonchev–Trinajstić information content (AvgIpc) is 2.84. The Morgan fingerprint density at radius 1 is 1.12 bits per heavy atom. The van der Waals surface area contributed by atoms with E-state index in [0.29, 0.717) is 23.3 Å². The van der Waals surface area contributed by atoms with Crippen LogP contribution in [-0.4, -0.2) is 36.5 Å². The summed E-state index contributed by atoms with van der Waals surface area (Å²) in [6.45, 7) is 2.34. The topological polar surface area (TPSA) is 98.3 Å². The monoisotopic (exact) mass is 468 g/mol. The van der Waals surface area contributed by atoms with Crippen LogP contribution in [0, 0.1) is 0 Å². The fourth-order valence-electron chi connectivity index (χ4n) is 3.56. The number of amidine groups is 1. The summed E-state index contributed by atoms with van der Waals surface area (Å²) in [6, 6.07) is 15.7. The maximum atomic E-state index is 12.2. The van der Waals surface area contributed by atoms with Gasteiger partial charge < -0.3 is 20.5 Å². The molecule has 1 aliphatic rings. The van der Waals surface area contributed by atoms with Gasteiger partial charge in [-0.25, -0.2) is 0 Å². The van der Waals surface area contributed by atoms with Gasteiger partial charge in [-0.1, -0.05) is 61.4 Å². The molecule has 3 rings (SSSR count). The van der Waals surface area contributed by atoms with Gasteiger partial charge in [-0.15, -0.1) is 5.10 Å². The Bertz CT molecular complexity index is 944. The van der Waals surface area contributed by atoms with Crippen molar-refractivity contribution in [1.82, 2.24) is 5.32 Å². The van der Waals surface area contributed by atoms with Gasteiger partial charge in [-0.2, -0.15) is 5.10 Å². The third-order valence-corrected chi connectivity index (χ3v) is 6.04. The van der Waals surface area contributed by atoms with Crippen molar-refractivity contribution in [1.29, 1.82) is 0 Å². The zero-order valence-electron chi connectivity index (χ0n) is 19.0. The first-order valence-electron chi connectivity index (χ1n) is 11.4. The van der Waals surface area contributed by atoms with Gasteiger partial charge in [0.25, 0.3) is 5.91 Å². The quantitative estimate of drug-likeness (QED) is 0.304. The van der Waals surface area contributed by atoms with Crippen molar-refractivity contribution in [3.63, 3.8) is 0 Å². The molecule has 1 fully saturated rings. The molecule has 0 aliphatic heterocycles. The summed E-state index contributed by atoms with van der Waals surface area (Å²) in [6.07, 6.45) is 7.29. The van der Waals surface area contributed by atoms with Crippen LogP contribution in [0.2, 0.25) is 0 Å². The molecule has 33 heavy (non-hydrogen) atoms. The predicted octanol–water partition coefficient (Wildman–Crippen LogP) is 4.50. The fourth-order valence-corrected chi connectivity index (χ4v) is 4.18. The third kappa shape index (κ3) is 8.81. The normalized spacial score (nSPS) is 14.9. The van der Waals surface area contributed by atoms with Crippen LogP contribution >= 0.6 is 11.8 Å². The predicted molar refractivity (Wildman–Crippen MR) is 135 cm³/mol. The average molecular weight is 469 g/mol. The molecule has 1 saturated carbocycles. The van der Waals surface area contributed by atoms with Crippen LogP contribution in [0.4, 0.5) is 0 Å². The number of nitrogens with two attached hydrogens (primary N) is 1. The largest absolute Gasteiger partial charge is 0.490 e. The van der Waals surface area contributed by atoms with E-state index in [1.807, 2.05) is 49.4 Å². The molecule has 1 amide bonds. The van der Waals surface area contributed by atoms with Crippen LogP contribution in [0.5, 0.6) is 11.5 Å². The molecule has 2 aromatic carbocycles.